The molecule has 0 saturated carbocycles. The lowest BCUT2D eigenvalue weighted by atomic mass is 9.90. The highest BCUT2D eigenvalue weighted by molar-refractivity contribution is 7.99. The minimum atomic E-state index is -3.90. The Balaban J connectivity index is 1.72. The SMILES string of the molecule is Cc1ccc([C@@H]2C[C@@H](SCc3ccccc3)[C@H](C(=O)O)CN2S(=O)(=O)c2ccccc2C)cc1. The molecule has 3 aromatic rings. The fourth-order valence-corrected chi connectivity index (χ4v) is 7.70. The molecular weight excluding hydrogens is 466 g/mol. The number of thioether (sulfide) groups is 1. The zero-order chi connectivity index (χ0) is 24.3. The Morgan fingerprint density at radius 2 is 1.62 bits per heavy atom. The number of nitrogens with zero attached hydrogens (tertiary/aromatic N) is 1. The second kappa shape index (κ2) is 10.3. The Hall–Kier alpha value is -2.61. The van der Waals surface area contributed by atoms with E-state index in [1.165, 1.54) is 4.31 Å². The van der Waals surface area contributed by atoms with Gasteiger partial charge in [-0.3, -0.25) is 4.79 Å². The first kappa shape index (κ1) is 24.5. The van der Waals surface area contributed by atoms with Gasteiger partial charge in [-0.15, -0.1) is 0 Å². The second-order valence-electron chi connectivity index (χ2n) is 8.78. The number of benzene rings is 3. The van der Waals surface area contributed by atoms with Crippen LogP contribution in [-0.2, 0) is 20.6 Å². The van der Waals surface area contributed by atoms with Crippen molar-refractivity contribution in [1.82, 2.24) is 4.31 Å². The third-order valence-corrected chi connectivity index (χ3v) is 9.88. The Morgan fingerprint density at radius 1 is 0.971 bits per heavy atom. The van der Waals surface area contributed by atoms with Crippen LogP contribution >= 0.6 is 11.8 Å². The number of hydrogen-bond donors (Lipinski definition) is 1. The van der Waals surface area contributed by atoms with Crippen molar-refractivity contribution < 1.29 is 18.3 Å². The third-order valence-electron chi connectivity index (χ3n) is 6.40. The fraction of sp³-hybridized carbons (Fsp3) is 0.296. The quantitative estimate of drug-likeness (QED) is 0.472. The second-order valence-corrected chi connectivity index (χ2v) is 11.9. The summed E-state index contributed by atoms with van der Waals surface area (Å²) in [5.41, 5.74) is 3.75. The van der Waals surface area contributed by atoms with E-state index >= 15 is 0 Å². The summed E-state index contributed by atoms with van der Waals surface area (Å²) in [6.45, 7) is 3.70. The number of carboxylic acid groups (broad SMARTS) is 1. The molecule has 0 bridgehead atoms. The molecule has 1 aliphatic heterocycles. The topological polar surface area (TPSA) is 74.7 Å². The van der Waals surface area contributed by atoms with E-state index < -0.39 is 28.0 Å². The first-order valence-electron chi connectivity index (χ1n) is 11.3. The highest BCUT2D eigenvalue weighted by Gasteiger charge is 2.45. The van der Waals surface area contributed by atoms with Crippen molar-refractivity contribution in [2.75, 3.05) is 6.54 Å². The molecule has 0 aliphatic carbocycles. The Labute approximate surface area is 205 Å². The summed E-state index contributed by atoms with van der Waals surface area (Å²) in [7, 11) is -3.90. The van der Waals surface area contributed by atoms with Crippen molar-refractivity contribution in [1.29, 1.82) is 0 Å². The molecule has 0 unspecified atom stereocenters. The number of aryl methyl sites for hydroxylation is 2. The predicted molar refractivity (Wildman–Crippen MR) is 136 cm³/mol. The Morgan fingerprint density at radius 3 is 2.26 bits per heavy atom. The van der Waals surface area contributed by atoms with E-state index in [2.05, 4.69) is 0 Å². The number of carboxylic acids is 1. The minimum absolute atomic E-state index is 0.0585. The van der Waals surface area contributed by atoms with Crippen molar-refractivity contribution >= 4 is 27.8 Å². The minimum Gasteiger partial charge on any atom is -0.481 e. The maximum absolute atomic E-state index is 13.8. The normalized spacial score (nSPS) is 21.3. The molecule has 0 radical (unpaired) electrons. The molecule has 0 aromatic heterocycles. The van der Waals surface area contributed by atoms with Gasteiger partial charge < -0.3 is 5.11 Å². The van der Waals surface area contributed by atoms with Crippen LogP contribution in [0.15, 0.2) is 83.8 Å². The average molecular weight is 496 g/mol. The summed E-state index contributed by atoms with van der Waals surface area (Å²) in [5, 5.41) is 9.86. The van der Waals surface area contributed by atoms with Crippen LogP contribution in [0.2, 0.25) is 0 Å². The summed E-state index contributed by atoms with van der Waals surface area (Å²) in [5.74, 6) is -1.08. The molecule has 0 spiro atoms. The van der Waals surface area contributed by atoms with E-state index in [1.807, 2.05) is 61.5 Å². The molecule has 1 aliphatic rings. The molecule has 1 fully saturated rings. The van der Waals surface area contributed by atoms with Gasteiger partial charge in [0.25, 0.3) is 0 Å². The van der Waals surface area contributed by atoms with Gasteiger partial charge >= 0.3 is 5.97 Å². The van der Waals surface area contributed by atoms with Crippen LogP contribution < -0.4 is 0 Å². The smallest absolute Gasteiger partial charge is 0.308 e. The molecule has 1 N–H and O–H groups in total. The van der Waals surface area contributed by atoms with E-state index in [1.54, 1.807) is 43.0 Å². The van der Waals surface area contributed by atoms with Crippen LogP contribution in [0, 0.1) is 19.8 Å². The molecular formula is C27H29NO4S2. The number of carbonyl (C=O) groups is 1. The molecule has 4 rings (SSSR count). The third kappa shape index (κ3) is 5.22. The van der Waals surface area contributed by atoms with Crippen molar-refractivity contribution in [3.63, 3.8) is 0 Å². The van der Waals surface area contributed by atoms with Crippen molar-refractivity contribution in [2.24, 2.45) is 5.92 Å². The highest BCUT2D eigenvalue weighted by Crippen LogP contribution is 2.43. The standard InChI is InChI=1S/C27H29NO4S2/c1-19-12-14-22(15-13-19)24-16-25(33-18-21-9-4-3-5-10-21)23(27(29)30)17-28(24)34(31,32)26-11-7-6-8-20(26)2/h3-15,23-25H,16-18H2,1-2H3,(H,29,30)/t23-,24+,25-/m1/s1. The maximum atomic E-state index is 13.8. The van der Waals surface area contributed by atoms with Crippen LogP contribution in [0.25, 0.3) is 0 Å². The van der Waals surface area contributed by atoms with Crippen LogP contribution in [-0.4, -0.2) is 35.6 Å². The molecule has 1 heterocycles. The van der Waals surface area contributed by atoms with Crippen LogP contribution in [0.1, 0.15) is 34.7 Å². The molecule has 1 saturated heterocycles. The zero-order valence-corrected chi connectivity index (χ0v) is 20.9. The van der Waals surface area contributed by atoms with Crippen molar-refractivity contribution in [3.8, 4) is 0 Å². The van der Waals surface area contributed by atoms with Gasteiger partial charge in [-0.2, -0.15) is 16.1 Å². The van der Waals surface area contributed by atoms with Crippen LogP contribution in [0.3, 0.4) is 0 Å². The number of piperidine rings is 1. The van der Waals surface area contributed by atoms with Gasteiger partial charge in [-0.05, 0) is 43.0 Å². The van der Waals surface area contributed by atoms with Gasteiger partial charge in [-0.25, -0.2) is 8.42 Å². The Kier molecular flexibility index (Phi) is 7.45. The summed E-state index contributed by atoms with van der Waals surface area (Å²) < 4.78 is 29.1. The van der Waals surface area contributed by atoms with Gasteiger partial charge in [0.2, 0.25) is 10.0 Å². The predicted octanol–water partition coefficient (Wildman–Crippen LogP) is 5.44. The molecule has 3 aromatic carbocycles. The molecule has 5 nitrogen and oxygen atoms in total. The maximum Gasteiger partial charge on any atom is 0.308 e. The van der Waals surface area contributed by atoms with Gasteiger partial charge in [0, 0.05) is 17.5 Å². The van der Waals surface area contributed by atoms with E-state index in [0.29, 0.717) is 17.7 Å². The number of sulfonamides is 1. The van der Waals surface area contributed by atoms with Gasteiger partial charge in [0.15, 0.2) is 0 Å². The lowest BCUT2D eigenvalue weighted by Gasteiger charge is -2.42. The average Bonchev–Trinajstić information content (AvgIpc) is 2.83. The number of hydrogen-bond acceptors (Lipinski definition) is 4. The van der Waals surface area contributed by atoms with E-state index in [4.69, 9.17) is 0 Å². The van der Waals surface area contributed by atoms with Gasteiger partial charge in [-0.1, -0.05) is 78.4 Å². The van der Waals surface area contributed by atoms with Gasteiger partial charge in [0.1, 0.15) is 0 Å². The number of aliphatic carboxylic acids is 1. The molecule has 7 heteroatoms. The molecule has 178 valence electrons. The molecule has 3 atom stereocenters. The zero-order valence-electron chi connectivity index (χ0n) is 19.3. The van der Waals surface area contributed by atoms with E-state index in [-0.39, 0.29) is 16.7 Å². The Bertz CT molecular complexity index is 1240. The van der Waals surface area contributed by atoms with E-state index in [0.717, 1.165) is 16.7 Å². The fourth-order valence-electron chi connectivity index (χ4n) is 4.47. The largest absolute Gasteiger partial charge is 0.481 e. The number of rotatable bonds is 7. The summed E-state index contributed by atoms with van der Waals surface area (Å²) in [6, 6.07) is 24.3. The lowest BCUT2D eigenvalue weighted by molar-refractivity contribution is -0.143. The van der Waals surface area contributed by atoms with Crippen molar-refractivity contribution in [2.45, 2.75) is 42.2 Å². The van der Waals surface area contributed by atoms with E-state index in [9.17, 15) is 18.3 Å². The molecule has 34 heavy (non-hydrogen) atoms. The van der Waals surface area contributed by atoms with Crippen LogP contribution in [0.4, 0.5) is 0 Å². The molecule has 0 amide bonds. The summed E-state index contributed by atoms with van der Waals surface area (Å²) >= 11 is 1.60. The first-order valence-corrected chi connectivity index (χ1v) is 13.8. The van der Waals surface area contributed by atoms with Gasteiger partial charge in [0.05, 0.1) is 16.9 Å². The van der Waals surface area contributed by atoms with Crippen LogP contribution in [0.5, 0.6) is 0 Å². The first-order chi connectivity index (χ1) is 16.3. The monoisotopic (exact) mass is 495 g/mol. The van der Waals surface area contributed by atoms with Crippen molar-refractivity contribution in [3.05, 3.63) is 101 Å². The highest BCUT2D eigenvalue weighted by atomic mass is 32.2. The lowest BCUT2D eigenvalue weighted by Crippen LogP contribution is -2.49. The summed E-state index contributed by atoms with van der Waals surface area (Å²) in [4.78, 5) is 12.5. The summed E-state index contributed by atoms with van der Waals surface area (Å²) in [6.07, 6.45) is 0.433.